The third-order valence-corrected chi connectivity index (χ3v) is 3.69. The van der Waals surface area contributed by atoms with Gasteiger partial charge in [-0.05, 0) is 37.5 Å². The molecule has 0 aromatic heterocycles. The fourth-order valence-corrected chi connectivity index (χ4v) is 2.19. The van der Waals surface area contributed by atoms with Crippen molar-refractivity contribution in [3.63, 3.8) is 0 Å². The number of nitrogens with two attached hydrogens (primary N) is 1. The Morgan fingerprint density at radius 2 is 2.00 bits per heavy atom. The lowest BCUT2D eigenvalue weighted by molar-refractivity contribution is -0.131. The fourth-order valence-electron chi connectivity index (χ4n) is 1.70. The zero-order chi connectivity index (χ0) is 15.0. The minimum atomic E-state index is -0.410. The van der Waals surface area contributed by atoms with E-state index in [2.05, 4.69) is 0 Å². The molecule has 6 heteroatoms. The molecular weight excluding hydrogens is 308 g/mol. The smallest absolute Gasteiger partial charge is 0.239 e. The molecule has 4 nitrogen and oxygen atoms in total. The summed E-state index contributed by atoms with van der Waals surface area (Å²) in [5.74, 6) is 1.70. The number of hydrogen-bond donors (Lipinski definition) is 1. The van der Waals surface area contributed by atoms with Crippen LogP contribution in [0.2, 0.25) is 0 Å². The molecule has 0 saturated heterocycles. The maximum Gasteiger partial charge on any atom is 0.239 e. The van der Waals surface area contributed by atoms with Crippen LogP contribution in [0.4, 0.5) is 0 Å². The maximum atomic E-state index is 12.0. The number of amides is 1. The Bertz CT molecular complexity index is 415. The number of hydrogen-bond acceptors (Lipinski definition) is 4. The van der Waals surface area contributed by atoms with Gasteiger partial charge in [-0.15, -0.1) is 12.4 Å². The van der Waals surface area contributed by atoms with Crippen molar-refractivity contribution >= 4 is 30.1 Å². The largest absolute Gasteiger partial charge is 0.492 e. The van der Waals surface area contributed by atoms with Gasteiger partial charge in [-0.2, -0.15) is 11.8 Å². The van der Waals surface area contributed by atoms with E-state index in [0.29, 0.717) is 19.6 Å². The lowest BCUT2D eigenvalue weighted by Crippen LogP contribution is -2.43. The Kier molecular flexibility index (Phi) is 10.3. The lowest BCUT2D eigenvalue weighted by Gasteiger charge is -2.21. The zero-order valence-electron chi connectivity index (χ0n) is 12.9. The molecule has 1 aromatic rings. The Balaban J connectivity index is 0.00000400. The molecule has 0 aliphatic rings. The average molecular weight is 333 g/mol. The van der Waals surface area contributed by atoms with E-state index in [4.69, 9.17) is 10.5 Å². The molecule has 1 aromatic carbocycles. The number of carbonyl (C=O) groups is 1. The minimum absolute atomic E-state index is 0. The van der Waals surface area contributed by atoms with Gasteiger partial charge in [-0.3, -0.25) is 4.79 Å². The quantitative estimate of drug-likeness (QED) is 0.794. The van der Waals surface area contributed by atoms with Crippen molar-refractivity contribution in [2.45, 2.75) is 19.4 Å². The second-order valence-corrected chi connectivity index (χ2v) is 5.79. The second-order valence-electron chi connectivity index (χ2n) is 4.81. The Morgan fingerprint density at radius 3 is 2.57 bits per heavy atom. The molecule has 1 amide bonds. The van der Waals surface area contributed by atoms with Crippen LogP contribution >= 0.6 is 24.2 Å². The van der Waals surface area contributed by atoms with Gasteiger partial charge in [0.05, 0.1) is 12.6 Å². The molecule has 0 saturated carbocycles. The molecule has 0 heterocycles. The van der Waals surface area contributed by atoms with Crippen molar-refractivity contribution in [1.29, 1.82) is 0 Å². The van der Waals surface area contributed by atoms with E-state index < -0.39 is 6.04 Å². The number of carbonyl (C=O) groups excluding carboxylic acids is 1. The summed E-state index contributed by atoms with van der Waals surface area (Å²) in [7, 11) is 1.76. The van der Waals surface area contributed by atoms with Gasteiger partial charge in [-0.25, -0.2) is 0 Å². The zero-order valence-corrected chi connectivity index (χ0v) is 14.5. The minimum Gasteiger partial charge on any atom is -0.492 e. The molecule has 1 rings (SSSR count). The third-order valence-electron chi connectivity index (χ3n) is 3.04. The van der Waals surface area contributed by atoms with Gasteiger partial charge in [0.15, 0.2) is 0 Å². The fraction of sp³-hybridized carbons (Fsp3) is 0.533. The van der Waals surface area contributed by atoms with Crippen LogP contribution in [0.25, 0.3) is 0 Å². The van der Waals surface area contributed by atoms with Crippen LogP contribution in [0.3, 0.4) is 0 Å². The molecule has 2 N–H and O–H groups in total. The Morgan fingerprint density at radius 1 is 1.38 bits per heavy atom. The van der Waals surface area contributed by atoms with Gasteiger partial charge in [0, 0.05) is 7.05 Å². The third kappa shape index (κ3) is 7.60. The highest BCUT2D eigenvalue weighted by atomic mass is 35.5. The van der Waals surface area contributed by atoms with E-state index in [9.17, 15) is 4.79 Å². The van der Waals surface area contributed by atoms with Crippen molar-refractivity contribution in [2.75, 3.05) is 32.2 Å². The molecule has 0 unspecified atom stereocenters. The van der Waals surface area contributed by atoms with Gasteiger partial charge in [0.1, 0.15) is 12.4 Å². The summed E-state index contributed by atoms with van der Waals surface area (Å²) < 4.78 is 5.60. The van der Waals surface area contributed by atoms with Crippen LogP contribution in [-0.4, -0.2) is 49.1 Å². The summed E-state index contributed by atoms with van der Waals surface area (Å²) >= 11 is 1.70. The van der Waals surface area contributed by atoms with Crippen molar-refractivity contribution in [3.8, 4) is 5.75 Å². The molecule has 0 bridgehead atoms. The van der Waals surface area contributed by atoms with Gasteiger partial charge in [-0.1, -0.05) is 17.7 Å². The summed E-state index contributed by atoms with van der Waals surface area (Å²) in [6.07, 6.45) is 2.72. The summed E-state index contributed by atoms with van der Waals surface area (Å²) in [4.78, 5) is 13.6. The summed E-state index contributed by atoms with van der Waals surface area (Å²) in [5.41, 5.74) is 7.06. The summed E-state index contributed by atoms with van der Waals surface area (Å²) in [6, 6.07) is 7.46. The molecule has 120 valence electrons. The molecule has 0 aliphatic carbocycles. The summed E-state index contributed by atoms with van der Waals surface area (Å²) in [5, 5.41) is 0. The first-order valence-electron chi connectivity index (χ1n) is 6.73. The first kappa shape index (κ1) is 20.1. The molecule has 0 fully saturated rings. The average Bonchev–Trinajstić information content (AvgIpc) is 2.45. The van der Waals surface area contributed by atoms with Crippen molar-refractivity contribution in [3.05, 3.63) is 29.8 Å². The maximum absolute atomic E-state index is 12.0. The van der Waals surface area contributed by atoms with Crippen LogP contribution in [-0.2, 0) is 4.79 Å². The molecule has 1 atom stereocenters. The SMILES string of the molecule is CSCC[C@@H](N)C(=O)N(C)CCOc1ccc(C)cc1.Cl. The normalized spacial score (nSPS) is 11.4. The highest BCUT2D eigenvalue weighted by molar-refractivity contribution is 7.98. The highest BCUT2D eigenvalue weighted by Gasteiger charge is 2.17. The number of aryl methyl sites for hydroxylation is 1. The van der Waals surface area contributed by atoms with Gasteiger partial charge >= 0.3 is 0 Å². The number of likely N-dealkylation sites (N-methyl/N-ethyl adjacent to an activating group) is 1. The van der Waals surface area contributed by atoms with E-state index in [1.54, 1.807) is 23.7 Å². The molecule has 0 spiro atoms. The number of thioether (sulfide) groups is 1. The Hall–Kier alpha value is -0.910. The van der Waals surface area contributed by atoms with E-state index in [1.165, 1.54) is 5.56 Å². The van der Waals surface area contributed by atoms with E-state index in [-0.39, 0.29) is 18.3 Å². The molecule has 0 radical (unpaired) electrons. The van der Waals surface area contributed by atoms with Gasteiger partial charge in [0.25, 0.3) is 0 Å². The van der Waals surface area contributed by atoms with Crippen LogP contribution in [0.5, 0.6) is 5.75 Å². The molecule has 21 heavy (non-hydrogen) atoms. The number of nitrogens with zero attached hydrogens (tertiary/aromatic N) is 1. The van der Waals surface area contributed by atoms with Gasteiger partial charge < -0.3 is 15.4 Å². The number of ether oxygens (including phenoxy) is 1. The van der Waals surface area contributed by atoms with E-state index >= 15 is 0 Å². The van der Waals surface area contributed by atoms with Crippen LogP contribution in [0.1, 0.15) is 12.0 Å². The van der Waals surface area contributed by atoms with Crippen LogP contribution < -0.4 is 10.5 Å². The van der Waals surface area contributed by atoms with Crippen LogP contribution in [0.15, 0.2) is 24.3 Å². The lowest BCUT2D eigenvalue weighted by atomic mass is 10.2. The van der Waals surface area contributed by atoms with E-state index in [0.717, 1.165) is 11.5 Å². The number of halogens is 1. The van der Waals surface area contributed by atoms with Crippen molar-refractivity contribution in [1.82, 2.24) is 4.90 Å². The van der Waals surface area contributed by atoms with Crippen LogP contribution in [0, 0.1) is 6.92 Å². The molecular formula is C15H25ClN2O2S. The van der Waals surface area contributed by atoms with Gasteiger partial charge in [0.2, 0.25) is 5.91 Å². The highest BCUT2D eigenvalue weighted by Crippen LogP contribution is 2.11. The number of benzene rings is 1. The van der Waals surface area contributed by atoms with E-state index in [1.807, 2.05) is 37.4 Å². The Labute approximate surface area is 137 Å². The standard InChI is InChI=1S/C15H24N2O2S.ClH/c1-12-4-6-13(7-5-12)19-10-9-17(2)15(18)14(16)8-11-20-3;/h4-7,14H,8-11,16H2,1-3H3;1H/t14-;/m1./s1. The number of rotatable bonds is 8. The first-order valence-corrected chi connectivity index (χ1v) is 8.13. The first-order chi connectivity index (χ1) is 9.54. The topological polar surface area (TPSA) is 55.6 Å². The summed E-state index contributed by atoms with van der Waals surface area (Å²) in [6.45, 7) is 3.05. The van der Waals surface area contributed by atoms with Crippen molar-refractivity contribution in [2.24, 2.45) is 5.73 Å². The monoisotopic (exact) mass is 332 g/mol. The predicted octanol–water partition coefficient (Wildman–Crippen LogP) is 2.33. The molecule has 0 aliphatic heterocycles. The second kappa shape index (κ2) is 10.8. The predicted molar refractivity (Wildman–Crippen MR) is 92.5 cm³/mol. The van der Waals surface area contributed by atoms with Crippen molar-refractivity contribution < 1.29 is 9.53 Å².